The number of hydrogen-bond donors (Lipinski definition) is 0. The van der Waals surface area contributed by atoms with Crippen LogP contribution in [0.5, 0.6) is 0 Å². The topological polar surface area (TPSA) is 78.9 Å². The maximum Gasteiger partial charge on any atom is 0.306 e. The van der Waals surface area contributed by atoms with E-state index in [9.17, 15) is 14.4 Å². The van der Waals surface area contributed by atoms with E-state index in [0.29, 0.717) is 19.3 Å². The summed E-state index contributed by atoms with van der Waals surface area (Å²) < 4.78 is 16.6. The normalized spacial score (nSPS) is 12.3. The summed E-state index contributed by atoms with van der Waals surface area (Å²) in [5.74, 6) is -0.899. The molecule has 0 aromatic heterocycles. The summed E-state index contributed by atoms with van der Waals surface area (Å²) in [6, 6.07) is 0. The van der Waals surface area contributed by atoms with Gasteiger partial charge in [-0.1, -0.05) is 179 Å². The Labute approximate surface area is 315 Å². The molecule has 0 N–H and O–H groups in total. The molecule has 0 aliphatic carbocycles. The molecule has 0 spiro atoms. The Hall–Kier alpha value is -2.37. The summed E-state index contributed by atoms with van der Waals surface area (Å²) in [4.78, 5) is 37.5. The minimum atomic E-state index is -0.770. The van der Waals surface area contributed by atoms with Gasteiger partial charge in [0, 0.05) is 19.3 Å². The van der Waals surface area contributed by atoms with E-state index in [-0.39, 0.29) is 31.1 Å². The molecule has 0 aromatic rings. The second-order valence-corrected chi connectivity index (χ2v) is 14.2. The van der Waals surface area contributed by atoms with Gasteiger partial charge in [0.2, 0.25) is 0 Å². The van der Waals surface area contributed by atoms with Crippen molar-refractivity contribution in [3.63, 3.8) is 0 Å². The van der Waals surface area contributed by atoms with E-state index in [1.54, 1.807) is 0 Å². The van der Waals surface area contributed by atoms with Gasteiger partial charge in [-0.3, -0.25) is 14.4 Å². The summed E-state index contributed by atoms with van der Waals surface area (Å²) in [5.41, 5.74) is 0. The first kappa shape index (κ1) is 48.6. The zero-order chi connectivity index (χ0) is 37.3. The number of esters is 3. The van der Waals surface area contributed by atoms with E-state index >= 15 is 0 Å². The molecule has 1 unspecified atom stereocenters. The molecule has 0 aromatic carbocycles. The lowest BCUT2D eigenvalue weighted by molar-refractivity contribution is -0.167. The fraction of sp³-hybridized carbons (Fsp3) is 0.800. The largest absolute Gasteiger partial charge is 0.462 e. The van der Waals surface area contributed by atoms with Gasteiger partial charge in [0.05, 0.1) is 0 Å². The Morgan fingerprint density at radius 1 is 0.412 bits per heavy atom. The van der Waals surface area contributed by atoms with Crippen LogP contribution < -0.4 is 0 Å². The second kappa shape index (κ2) is 40.4. The van der Waals surface area contributed by atoms with Crippen molar-refractivity contribution in [2.24, 2.45) is 0 Å². The van der Waals surface area contributed by atoms with Crippen molar-refractivity contribution < 1.29 is 28.6 Å². The van der Waals surface area contributed by atoms with Gasteiger partial charge in [-0.05, 0) is 51.4 Å². The molecular weight excluding hydrogens is 636 g/mol. The van der Waals surface area contributed by atoms with Crippen LogP contribution in [0.1, 0.15) is 213 Å². The third-order valence-corrected chi connectivity index (χ3v) is 9.16. The molecule has 0 bridgehead atoms. The van der Waals surface area contributed by atoms with E-state index in [4.69, 9.17) is 14.2 Å². The van der Waals surface area contributed by atoms with Gasteiger partial charge in [0.1, 0.15) is 13.2 Å². The first-order valence-corrected chi connectivity index (χ1v) is 21.5. The lowest BCUT2D eigenvalue weighted by atomic mass is 10.1. The highest BCUT2D eigenvalue weighted by molar-refractivity contribution is 5.71. The molecule has 0 fully saturated rings. The molecule has 0 aliphatic rings. The molecule has 0 radical (unpaired) electrons. The molecule has 51 heavy (non-hydrogen) atoms. The highest BCUT2D eigenvalue weighted by Gasteiger charge is 2.19. The molecule has 1 atom stereocenters. The molecule has 6 heteroatoms. The van der Waals surface area contributed by atoms with Gasteiger partial charge in [-0.25, -0.2) is 0 Å². The summed E-state index contributed by atoms with van der Waals surface area (Å²) in [5, 5.41) is 0. The Bertz CT molecular complexity index is 876. The van der Waals surface area contributed by atoms with Crippen molar-refractivity contribution in [3.8, 4) is 0 Å². The molecule has 0 aliphatic heterocycles. The Kier molecular flexibility index (Phi) is 38.5. The van der Waals surface area contributed by atoms with E-state index in [1.807, 2.05) is 0 Å². The van der Waals surface area contributed by atoms with Crippen molar-refractivity contribution in [2.45, 2.75) is 219 Å². The zero-order valence-corrected chi connectivity index (χ0v) is 33.6. The maximum absolute atomic E-state index is 12.6. The van der Waals surface area contributed by atoms with E-state index in [2.05, 4.69) is 57.2 Å². The van der Waals surface area contributed by atoms with E-state index in [0.717, 1.165) is 96.3 Å². The van der Waals surface area contributed by atoms with Gasteiger partial charge in [0.25, 0.3) is 0 Å². The summed E-state index contributed by atoms with van der Waals surface area (Å²) >= 11 is 0. The number of unbranched alkanes of at least 4 members (excludes halogenated alkanes) is 21. The predicted molar refractivity (Wildman–Crippen MR) is 215 cm³/mol. The average Bonchev–Trinajstić information content (AvgIpc) is 3.12. The van der Waals surface area contributed by atoms with Crippen molar-refractivity contribution in [1.29, 1.82) is 0 Å². The summed E-state index contributed by atoms with van der Waals surface area (Å²) in [6.45, 7) is 6.46. The average molecular weight is 717 g/mol. The number of ether oxygens (including phenoxy) is 3. The summed E-state index contributed by atoms with van der Waals surface area (Å²) in [6.07, 6.45) is 44.2. The number of hydrogen-bond acceptors (Lipinski definition) is 6. The van der Waals surface area contributed by atoms with Crippen molar-refractivity contribution in [1.82, 2.24) is 0 Å². The molecular formula is C45H80O6. The molecule has 6 nitrogen and oxygen atoms in total. The quantitative estimate of drug-likeness (QED) is 0.0274. The van der Waals surface area contributed by atoms with E-state index in [1.165, 1.54) is 77.0 Å². The van der Waals surface area contributed by atoms with Gasteiger partial charge in [-0.2, -0.15) is 0 Å². The van der Waals surface area contributed by atoms with Crippen LogP contribution in [0.3, 0.4) is 0 Å². The minimum absolute atomic E-state index is 0.0755. The van der Waals surface area contributed by atoms with Gasteiger partial charge < -0.3 is 14.2 Å². The smallest absolute Gasteiger partial charge is 0.306 e. The number of carbonyl (C=O) groups is 3. The van der Waals surface area contributed by atoms with Crippen molar-refractivity contribution in [2.75, 3.05) is 13.2 Å². The highest BCUT2D eigenvalue weighted by Crippen LogP contribution is 2.14. The predicted octanol–water partition coefficient (Wildman–Crippen LogP) is 13.4. The fourth-order valence-corrected chi connectivity index (χ4v) is 5.93. The van der Waals surface area contributed by atoms with E-state index < -0.39 is 6.10 Å². The molecule has 0 saturated carbocycles. The molecule has 0 saturated heterocycles. The van der Waals surface area contributed by atoms with Crippen molar-refractivity contribution in [3.05, 3.63) is 36.5 Å². The SMILES string of the molecule is CC/C=C\C/C=C\C/C=C\CCCCCCCC(=O)OCC(COC(=O)CCCCCCCCCC)OC(=O)CCCCCCCCCCCC. The number of allylic oxidation sites excluding steroid dienone is 6. The van der Waals surface area contributed by atoms with Crippen LogP contribution in [-0.2, 0) is 28.6 Å². The summed E-state index contributed by atoms with van der Waals surface area (Å²) in [7, 11) is 0. The van der Waals surface area contributed by atoms with Crippen LogP contribution in [-0.4, -0.2) is 37.2 Å². The van der Waals surface area contributed by atoms with Gasteiger partial charge in [-0.15, -0.1) is 0 Å². The molecule has 0 rings (SSSR count). The van der Waals surface area contributed by atoms with Crippen LogP contribution >= 0.6 is 0 Å². The Morgan fingerprint density at radius 3 is 1.20 bits per heavy atom. The van der Waals surface area contributed by atoms with Crippen LogP contribution in [0.2, 0.25) is 0 Å². The molecule has 0 heterocycles. The van der Waals surface area contributed by atoms with Crippen molar-refractivity contribution >= 4 is 17.9 Å². The number of rotatable bonds is 38. The third-order valence-electron chi connectivity index (χ3n) is 9.16. The lowest BCUT2D eigenvalue weighted by Crippen LogP contribution is -2.30. The lowest BCUT2D eigenvalue weighted by Gasteiger charge is -2.18. The van der Waals surface area contributed by atoms with Crippen LogP contribution in [0, 0.1) is 0 Å². The standard InChI is InChI=1S/C45H80O6/c1-4-7-10-13-16-19-21-22-23-24-25-27-29-32-35-38-44(47)50-41-42(40-49-43(46)37-34-31-28-18-15-12-9-6-3)51-45(48)39-36-33-30-26-20-17-14-11-8-5-2/h7,10,16,19,22-23,42H,4-6,8-9,11-15,17-18,20-21,24-41H2,1-3H3/b10-7-,19-16-,23-22-. The minimum Gasteiger partial charge on any atom is -0.462 e. The van der Waals surface area contributed by atoms with Crippen LogP contribution in [0.4, 0.5) is 0 Å². The molecule has 0 amide bonds. The monoisotopic (exact) mass is 717 g/mol. The highest BCUT2D eigenvalue weighted by atomic mass is 16.6. The number of carbonyl (C=O) groups excluding carboxylic acids is 3. The maximum atomic E-state index is 12.6. The Morgan fingerprint density at radius 2 is 0.765 bits per heavy atom. The zero-order valence-electron chi connectivity index (χ0n) is 33.6. The van der Waals surface area contributed by atoms with Crippen LogP contribution in [0.25, 0.3) is 0 Å². The Balaban J connectivity index is 4.34. The second-order valence-electron chi connectivity index (χ2n) is 14.2. The molecule has 296 valence electrons. The van der Waals surface area contributed by atoms with Crippen LogP contribution in [0.15, 0.2) is 36.5 Å². The first-order valence-electron chi connectivity index (χ1n) is 21.5. The fourth-order valence-electron chi connectivity index (χ4n) is 5.93. The third kappa shape index (κ3) is 38.7. The first-order chi connectivity index (χ1) is 25.0. The van der Waals surface area contributed by atoms with Gasteiger partial charge in [0.15, 0.2) is 6.10 Å². The van der Waals surface area contributed by atoms with Gasteiger partial charge >= 0.3 is 17.9 Å².